The molecule has 28 heavy (non-hydrogen) atoms. The van der Waals surface area contributed by atoms with Crippen molar-refractivity contribution < 1.29 is 19.1 Å². The Labute approximate surface area is 173 Å². The van der Waals surface area contributed by atoms with Gasteiger partial charge in [0.25, 0.3) is 11.8 Å². The lowest BCUT2D eigenvalue weighted by atomic mass is 9.84. The quantitative estimate of drug-likeness (QED) is 0.677. The number of ether oxygens (including phenoxy) is 2. The van der Waals surface area contributed by atoms with Gasteiger partial charge in [-0.15, -0.1) is 0 Å². The Bertz CT molecular complexity index is 867. The summed E-state index contributed by atoms with van der Waals surface area (Å²) in [4.78, 5) is 23.5. The molecule has 0 radical (unpaired) electrons. The zero-order valence-electron chi connectivity index (χ0n) is 15.8. The van der Waals surface area contributed by atoms with Crippen LogP contribution in [0.2, 0.25) is 10.0 Å². The second kappa shape index (κ2) is 9.17. The third-order valence-corrected chi connectivity index (χ3v) is 4.70. The first-order chi connectivity index (χ1) is 13.1. The number of nitrogens with one attached hydrogen (secondary N) is 1. The first kappa shape index (κ1) is 21.9. The van der Waals surface area contributed by atoms with Gasteiger partial charge in [0.2, 0.25) is 0 Å². The number of carbonyl (C=O) groups is 2. The molecule has 0 heterocycles. The summed E-state index contributed by atoms with van der Waals surface area (Å²) in [6.07, 6.45) is 0. The highest BCUT2D eigenvalue weighted by molar-refractivity contribution is 6.32. The molecule has 2 amide bonds. The average Bonchev–Trinajstić information content (AvgIpc) is 2.64. The molecule has 0 bridgehead atoms. The van der Waals surface area contributed by atoms with Gasteiger partial charge < -0.3 is 20.5 Å². The summed E-state index contributed by atoms with van der Waals surface area (Å²) in [6.45, 7) is 4.08. The van der Waals surface area contributed by atoms with Crippen LogP contribution in [0, 0.1) is 0 Å². The molecule has 0 unspecified atom stereocenters. The number of primary amides is 1. The topological polar surface area (TPSA) is 90.7 Å². The highest BCUT2D eigenvalue weighted by atomic mass is 35.5. The maximum atomic E-state index is 12.6. The van der Waals surface area contributed by atoms with Gasteiger partial charge in [-0.2, -0.15) is 0 Å². The van der Waals surface area contributed by atoms with Gasteiger partial charge in [-0.25, -0.2) is 0 Å². The van der Waals surface area contributed by atoms with Gasteiger partial charge in [0, 0.05) is 22.5 Å². The summed E-state index contributed by atoms with van der Waals surface area (Å²) in [5, 5.41) is 3.70. The molecule has 2 rings (SSSR count). The van der Waals surface area contributed by atoms with Crippen LogP contribution in [-0.4, -0.2) is 32.1 Å². The molecule has 0 aliphatic heterocycles. The van der Waals surface area contributed by atoms with E-state index < -0.39 is 5.91 Å². The molecule has 150 valence electrons. The summed E-state index contributed by atoms with van der Waals surface area (Å²) < 4.78 is 10.5. The maximum Gasteiger partial charge on any atom is 0.255 e. The van der Waals surface area contributed by atoms with Crippen molar-refractivity contribution in [2.24, 2.45) is 5.73 Å². The first-order valence-corrected chi connectivity index (χ1v) is 9.22. The van der Waals surface area contributed by atoms with Gasteiger partial charge in [-0.05, 0) is 29.8 Å². The van der Waals surface area contributed by atoms with Gasteiger partial charge in [0.05, 0.1) is 12.1 Å². The minimum atomic E-state index is -0.649. The molecule has 0 saturated carbocycles. The largest absolute Gasteiger partial charge is 0.493 e. The SMILES string of the molecule is COc1cc(C(=O)NCC(C)(C)c2ccc(Cl)cc2)cc(Cl)c1OCC(N)=O. The number of carbonyl (C=O) groups excluding carboxylic acids is 2. The lowest BCUT2D eigenvalue weighted by Crippen LogP contribution is -2.36. The Kier molecular flexibility index (Phi) is 7.16. The number of benzene rings is 2. The molecule has 0 aliphatic carbocycles. The fourth-order valence-electron chi connectivity index (χ4n) is 2.54. The van der Waals surface area contributed by atoms with Crippen molar-refractivity contribution in [1.29, 1.82) is 0 Å². The van der Waals surface area contributed by atoms with Crippen LogP contribution >= 0.6 is 23.2 Å². The fourth-order valence-corrected chi connectivity index (χ4v) is 2.93. The summed E-state index contributed by atoms with van der Waals surface area (Å²) in [6, 6.07) is 10.4. The molecule has 3 N–H and O–H groups in total. The Balaban J connectivity index is 2.14. The smallest absolute Gasteiger partial charge is 0.255 e. The third-order valence-electron chi connectivity index (χ3n) is 4.17. The lowest BCUT2D eigenvalue weighted by Gasteiger charge is -2.26. The van der Waals surface area contributed by atoms with Crippen LogP contribution in [0.1, 0.15) is 29.8 Å². The van der Waals surface area contributed by atoms with Crippen molar-refractivity contribution in [2.75, 3.05) is 20.3 Å². The molecule has 0 aromatic heterocycles. The second-order valence-electron chi connectivity index (χ2n) is 6.82. The van der Waals surface area contributed by atoms with E-state index in [-0.39, 0.29) is 34.5 Å². The predicted octanol–water partition coefficient (Wildman–Crippen LogP) is 3.57. The Morgan fingerprint density at radius 2 is 1.79 bits per heavy atom. The summed E-state index contributed by atoms with van der Waals surface area (Å²) in [7, 11) is 1.41. The molecule has 8 heteroatoms. The molecule has 6 nitrogen and oxygen atoms in total. The van der Waals surface area contributed by atoms with Crippen molar-refractivity contribution in [3.05, 3.63) is 57.6 Å². The standard InChI is InChI=1S/C20H22Cl2N2O4/c1-20(2,13-4-6-14(21)7-5-13)11-24-19(26)12-8-15(22)18(16(9-12)27-3)28-10-17(23)25/h4-9H,10-11H2,1-3H3,(H2,23,25)(H,24,26). The van der Waals surface area contributed by atoms with E-state index in [0.29, 0.717) is 17.1 Å². The van der Waals surface area contributed by atoms with Crippen molar-refractivity contribution >= 4 is 35.0 Å². The summed E-state index contributed by atoms with van der Waals surface area (Å²) in [5.41, 5.74) is 6.12. The number of hydrogen-bond acceptors (Lipinski definition) is 4. The minimum absolute atomic E-state index is 0.141. The number of rotatable bonds is 8. The monoisotopic (exact) mass is 424 g/mol. The van der Waals surface area contributed by atoms with Crippen LogP contribution < -0.4 is 20.5 Å². The van der Waals surface area contributed by atoms with Crippen LogP contribution in [0.4, 0.5) is 0 Å². The van der Waals surface area contributed by atoms with E-state index in [9.17, 15) is 9.59 Å². The molecule has 0 saturated heterocycles. The fraction of sp³-hybridized carbons (Fsp3) is 0.300. The van der Waals surface area contributed by atoms with Crippen LogP contribution in [0.25, 0.3) is 0 Å². The van der Waals surface area contributed by atoms with Crippen LogP contribution in [-0.2, 0) is 10.2 Å². The van der Waals surface area contributed by atoms with Crippen LogP contribution in [0.3, 0.4) is 0 Å². The highest BCUT2D eigenvalue weighted by Gasteiger charge is 2.23. The minimum Gasteiger partial charge on any atom is -0.493 e. The van der Waals surface area contributed by atoms with E-state index >= 15 is 0 Å². The van der Waals surface area contributed by atoms with Gasteiger partial charge in [0.1, 0.15) is 0 Å². The van der Waals surface area contributed by atoms with Crippen LogP contribution in [0.15, 0.2) is 36.4 Å². The van der Waals surface area contributed by atoms with E-state index in [1.54, 1.807) is 0 Å². The van der Waals surface area contributed by atoms with E-state index in [1.165, 1.54) is 19.2 Å². The normalized spacial score (nSPS) is 11.0. The van der Waals surface area contributed by atoms with Crippen molar-refractivity contribution in [3.63, 3.8) is 0 Å². The molecule has 0 atom stereocenters. The van der Waals surface area contributed by atoms with Crippen molar-refractivity contribution in [1.82, 2.24) is 5.32 Å². The van der Waals surface area contributed by atoms with E-state index in [2.05, 4.69) is 5.32 Å². The average molecular weight is 425 g/mol. The molecule has 0 spiro atoms. The number of nitrogens with two attached hydrogens (primary N) is 1. The molecule has 2 aromatic carbocycles. The number of hydrogen-bond donors (Lipinski definition) is 2. The number of methoxy groups -OCH3 is 1. The molecule has 2 aromatic rings. The van der Waals surface area contributed by atoms with E-state index in [4.69, 9.17) is 38.4 Å². The zero-order chi connectivity index (χ0) is 20.9. The molecular weight excluding hydrogens is 403 g/mol. The molecular formula is C20H22Cl2N2O4. The van der Waals surface area contributed by atoms with Crippen molar-refractivity contribution in [2.45, 2.75) is 19.3 Å². The maximum absolute atomic E-state index is 12.6. The molecule has 0 fully saturated rings. The Morgan fingerprint density at radius 3 is 2.36 bits per heavy atom. The van der Waals surface area contributed by atoms with Gasteiger partial charge in [-0.3, -0.25) is 9.59 Å². The predicted molar refractivity (Wildman–Crippen MR) is 110 cm³/mol. The Hall–Kier alpha value is -2.44. The third kappa shape index (κ3) is 5.53. The first-order valence-electron chi connectivity index (χ1n) is 8.47. The number of halogens is 2. The molecule has 0 aliphatic rings. The van der Waals surface area contributed by atoms with E-state index in [0.717, 1.165) is 5.56 Å². The second-order valence-corrected chi connectivity index (χ2v) is 7.66. The highest BCUT2D eigenvalue weighted by Crippen LogP contribution is 2.36. The summed E-state index contributed by atoms with van der Waals surface area (Å²) >= 11 is 12.1. The van der Waals surface area contributed by atoms with Crippen molar-refractivity contribution in [3.8, 4) is 11.5 Å². The van der Waals surface area contributed by atoms with Crippen LogP contribution in [0.5, 0.6) is 11.5 Å². The summed E-state index contributed by atoms with van der Waals surface area (Å²) in [5.74, 6) is -0.579. The van der Waals surface area contributed by atoms with Gasteiger partial charge in [-0.1, -0.05) is 49.2 Å². The lowest BCUT2D eigenvalue weighted by molar-refractivity contribution is -0.119. The van der Waals surface area contributed by atoms with Gasteiger partial charge in [0.15, 0.2) is 18.1 Å². The van der Waals surface area contributed by atoms with E-state index in [1.807, 2.05) is 38.1 Å². The zero-order valence-corrected chi connectivity index (χ0v) is 17.4. The Morgan fingerprint density at radius 1 is 1.14 bits per heavy atom. The number of amides is 2. The van der Waals surface area contributed by atoms with Gasteiger partial charge >= 0.3 is 0 Å².